The maximum Gasteiger partial charge on any atom is 0.306 e. The lowest BCUT2D eigenvalue weighted by Crippen LogP contribution is -2.44. The van der Waals surface area contributed by atoms with E-state index in [-0.39, 0.29) is 5.92 Å². The van der Waals surface area contributed by atoms with E-state index in [1.54, 1.807) is 0 Å². The Morgan fingerprint density at radius 3 is 2.47 bits per heavy atom. The van der Waals surface area contributed by atoms with Crippen LogP contribution in [0.15, 0.2) is 0 Å². The molecule has 1 aliphatic carbocycles. The first-order valence-corrected chi connectivity index (χ1v) is 7.59. The molecule has 4 heteroatoms. The molecule has 0 aliphatic heterocycles. The molecule has 19 heavy (non-hydrogen) atoms. The molecule has 1 aliphatic rings. The van der Waals surface area contributed by atoms with Gasteiger partial charge in [-0.3, -0.25) is 4.79 Å². The first-order chi connectivity index (χ1) is 8.93. The van der Waals surface area contributed by atoms with E-state index in [4.69, 9.17) is 5.11 Å². The molecule has 0 radical (unpaired) electrons. The molecule has 0 amide bonds. The number of aliphatic hydroxyl groups is 1. The van der Waals surface area contributed by atoms with Crippen LogP contribution in [-0.2, 0) is 4.79 Å². The van der Waals surface area contributed by atoms with E-state index in [0.29, 0.717) is 32.2 Å². The van der Waals surface area contributed by atoms with Gasteiger partial charge in [0.1, 0.15) is 0 Å². The zero-order valence-electron chi connectivity index (χ0n) is 12.3. The number of aliphatic carboxylic acids is 1. The number of hydrogen-bond donors (Lipinski definition) is 3. The van der Waals surface area contributed by atoms with Crippen molar-refractivity contribution in [2.45, 2.75) is 64.4 Å². The van der Waals surface area contributed by atoms with Crippen molar-refractivity contribution < 1.29 is 15.0 Å². The number of nitrogens with one attached hydrogen (secondary N) is 1. The predicted molar refractivity (Wildman–Crippen MR) is 76.1 cm³/mol. The molecule has 0 bridgehead atoms. The van der Waals surface area contributed by atoms with Gasteiger partial charge < -0.3 is 15.5 Å². The Hall–Kier alpha value is -0.610. The maximum absolute atomic E-state index is 10.9. The minimum atomic E-state index is -0.719. The Kier molecular flexibility index (Phi) is 6.80. The minimum Gasteiger partial charge on any atom is -0.481 e. The molecular weight excluding hydrogens is 242 g/mol. The molecule has 0 atom stereocenters. The van der Waals surface area contributed by atoms with E-state index in [2.05, 4.69) is 19.2 Å². The summed E-state index contributed by atoms with van der Waals surface area (Å²) in [6.45, 7) is 6.01. The Labute approximate surface area is 116 Å². The number of hydrogen-bond acceptors (Lipinski definition) is 3. The third-order valence-electron chi connectivity index (χ3n) is 4.10. The summed E-state index contributed by atoms with van der Waals surface area (Å²) in [5, 5.41) is 22.6. The van der Waals surface area contributed by atoms with E-state index in [1.165, 1.54) is 12.8 Å². The molecular formula is C15H29NO3. The standard InChI is InChI=1S/C15H29NO3/c1-12(2)5-3-4-10-16-11-15(19)8-6-13(7-9-15)14(17)18/h12-13,16,19H,3-11H2,1-2H3,(H,17,18). The van der Waals surface area contributed by atoms with Gasteiger partial charge in [0.25, 0.3) is 0 Å². The second-order valence-electron chi connectivity index (χ2n) is 6.40. The van der Waals surface area contributed by atoms with Crippen LogP contribution in [0.25, 0.3) is 0 Å². The van der Waals surface area contributed by atoms with Crippen molar-refractivity contribution in [3.8, 4) is 0 Å². The number of rotatable bonds is 8. The fraction of sp³-hybridized carbons (Fsp3) is 0.933. The smallest absolute Gasteiger partial charge is 0.306 e. The van der Waals surface area contributed by atoms with Crippen molar-refractivity contribution in [3.05, 3.63) is 0 Å². The summed E-state index contributed by atoms with van der Waals surface area (Å²) in [4.78, 5) is 10.9. The molecule has 0 saturated heterocycles. The first-order valence-electron chi connectivity index (χ1n) is 7.59. The van der Waals surface area contributed by atoms with E-state index in [1.807, 2.05) is 0 Å². The SMILES string of the molecule is CC(C)CCCCNCC1(O)CCC(C(=O)O)CC1. The van der Waals surface area contributed by atoms with Gasteiger partial charge in [-0.15, -0.1) is 0 Å². The first kappa shape index (κ1) is 16.4. The summed E-state index contributed by atoms with van der Waals surface area (Å²) < 4.78 is 0. The lowest BCUT2D eigenvalue weighted by molar-refractivity contribution is -0.144. The molecule has 0 unspecified atom stereocenters. The van der Waals surface area contributed by atoms with Gasteiger partial charge in [-0.2, -0.15) is 0 Å². The third-order valence-corrected chi connectivity index (χ3v) is 4.10. The second kappa shape index (κ2) is 7.85. The summed E-state index contributed by atoms with van der Waals surface area (Å²) in [5.74, 6) is -0.217. The average Bonchev–Trinajstić information content (AvgIpc) is 2.34. The Bertz CT molecular complexity index is 271. The van der Waals surface area contributed by atoms with Crippen molar-refractivity contribution in [1.82, 2.24) is 5.32 Å². The lowest BCUT2D eigenvalue weighted by atomic mass is 9.79. The highest BCUT2D eigenvalue weighted by Gasteiger charge is 2.35. The van der Waals surface area contributed by atoms with Gasteiger partial charge in [-0.05, 0) is 44.6 Å². The molecule has 0 heterocycles. The van der Waals surface area contributed by atoms with Crippen LogP contribution in [0.5, 0.6) is 0 Å². The van der Waals surface area contributed by atoms with E-state index in [0.717, 1.165) is 18.9 Å². The number of carboxylic acids is 1. The Morgan fingerprint density at radius 1 is 1.32 bits per heavy atom. The fourth-order valence-corrected chi connectivity index (χ4v) is 2.70. The molecule has 4 nitrogen and oxygen atoms in total. The fourth-order valence-electron chi connectivity index (χ4n) is 2.70. The molecule has 0 aromatic heterocycles. The van der Waals surface area contributed by atoms with Crippen LogP contribution >= 0.6 is 0 Å². The van der Waals surface area contributed by atoms with Crippen molar-refractivity contribution >= 4 is 5.97 Å². The van der Waals surface area contributed by atoms with Crippen LogP contribution in [0, 0.1) is 11.8 Å². The van der Waals surface area contributed by atoms with E-state index < -0.39 is 11.6 Å². The maximum atomic E-state index is 10.9. The largest absolute Gasteiger partial charge is 0.481 e. The van der Waals surface area contributed by atoms with Gasteiger partial charge in [-0.25, -0.2) is 0 Å². The molecule has 1 saturated carbocycles. The minimum absolute atomic E-state index is 0.258. The topological polar surface area (TPSA) is 69.6 Å². The summed E-state index contributed by atoms with van der Waals surface area (Å²) in [5.41, 5.74) is -0.690. The highest BCUT2D eigenvalue weighted by Crippen LogP contribution is 2.31. The van der Waals surface area contributed by atoms with Gasteiger partial charge in [0.05, 0.1) is 11.5 Å². The quantitative estimate of drug-likeness (QED) is 0.593. The molecule has 0 spiro atoms. The van der Waals surface area contributed by atoms with Crippen LogP contribution in [0.3, 0.4) is 0 Å². The van der Waals surface area contributed by atoms with Crippen LogP contribution in [0.2, 0.25) is 0 Å². The second-order valence-corrected chi connectivity index (χ2v) is 6.40. The zero-order valence-corrected chi connectivity index (χ0v) is 12.3. The number of carbonyl (C=O) groups is 1. The van der Waals surface area contributed by atoms with Crippen LogP contribution in [0.1, 0.15) is 58.8 Å². The monoisotopic (exact) mass is 271 g/mol. The van der Waals surface area contributed by atoms with Gasteiger partial charge in [0.15, 0.2) is 0 Å². The molecule has 112 valence electrons. The average molecular weight is 271 g/mol. The molecule has 1 fully saturated rings. The van der Waals surface area contributed by atoms with Crippen LogP contribution in [-0.4, -0.2) is 34.9 Å². The summed E-state index contributed by atoms with van der Waals surface area (Å²) in [6, 6.07) is 0. The lowest BCUT2D eigenvalue weighted by Gasteiger charge is -2.34. The molecule has 1 rings (SSSR count). The molecule has 0 aromatic carbocycles. The Morgan fingerprint density at radius 2 is 1.95 bits per heavy atom. The van der Waals surface area contributed by atoms with Gasteiger partial charge >= 0.3 is 5.97 Å². The third kappa shape index (κ3) is 6.39. The van der Waals surface area contributed by atoms with Gasteiger partial charge in [0, 0.05) is 6.54 Å². The van der Waals surface area contributed by atoms with Crippen molar-refractivity contribution in [1.29, 1.82) is 0 Å². The highest BCUT2D eigenvalue weighted by atomic mass is 16.4. The van der Waals surface area contributed by atoms with Crippen molar-refractivity contribution in [3.63, 3.8) is 0 Å². The van der Waals surface area contributed by atoms with E-state index >= 15 is 0 Å². The van der Waals surface area contributed by atoms with E-state index in [9.17, 15) is 9.90 Å². The number of unbranched alkanes of at least 4 members (excludes halogenated alkanes) is 1. The molecule has 3 N–H and O–H groups in total. The summed E-state index contributed by atoms with van der Waals surface area (Å²) in [6.07, 6.45) is 6.02. The van der Waals surface area contributed by atoms with Gasteiger partial charge in [-0.1, -0.05) is 26.7 Å². The van der Waals surface area contributed by atoms with Crippen LogP contribution in [0.4, 0.5) is 0 Å². The van der Waals surface area contributed by atoms with Gasteiger partial charge in [0.2, 0.25) is 0 Å². The summed E-state index contributed by atoms with van der Waals surface area (Å²) in [7, 11) is 0. The predicted octanol–water partition coefficient (Wildman–Crippen LogP) is 2.41. The molecule has 0 aromatic rings. The normalized spacial score (nSPS) is 27.7. The van der Waals surface area contributed by atoms with Crippen molar-refractivity contribution in [2.24, 2.45) is 11.8 Å². The summed E-state index contributed by atoms with van der Waals surface area (Å²) >= 11 is 0. The zero-order chi connectivity index (χ0) is 14.3. The number of carboxylic acid groups (broad SMARTS) is 1. The Balaban J connectivity index is 2.10. The highest BCUT2D eigenvalue weighted by molar-refractivity contribution is 5.70. The van der Waals surface area contributed by atoms with Crippen molar-refractivity contribution in [2.75, 3.05) is 13.1 Å². The van der Waals surface area contributed by atoms with Crippen LogP contribution < -0.4 is 5.32 Å².